The average molecular weight is 438 g/mol. The van der Waals surface area contributed by atoms with E-state index in [1.807, 2.05) is 18.2 Å². The SMILES string of the molecule is CCCCc1ccc(S(=O)(=O)Nc2ccn(Cc3ccc(Cl)cc3Cl)n2)cc1. The Morgan fingerprint density at radius 3 is 2.50 bits per heavy atom. The summed E-state index contributed by atoms with van der Waals surface area (Å²) in [5, 5.41) is 5.37. The normalized spacial score (nSPS) is 11.5. The molecule has 0 atom stereocenters. The Kier molecular flexibility index (Phi) is 6.65. The zero-order valence-corrected chi connectivity index (χ0v) is 17.7. The number of sulfonamides is 1. The third kappa shape index (κ3) is 5.28. The van der Waals surface area contributed by atoms with Crippen molar-refractivity contribution in [3.63, 3.8) is 0 Å². The van der Waals surface area contributed by atoms with Gasteiger partial charge in [0, 0.05) is 22.3 Å². The highest BCUT2D eigenvalue weighted by Crippen LogP contribution is 2.22. The van der Waals surface area contributed by atoms with Crippen LogP contribution in [-0.2, 0) is 23.0 Å². The van der Waals surface area contributed by atoms with Gasteiger partial charge in [0.15, 0.2) is 5.82 Å². The van der Waals surface area contributed by atoms with Crippen LogP contribution in [0.3, 0.4) is 0 Å². The fraction of sp³-hybridized carbons (Fsp3) is 0.250. The van der Waals surface area contributed by atoms with Gasteiger partial charge < -0.3 is 0 Å². The van der Waals surface area contributed by atoms with Crippen molar-refractivity contribution in [1.82, 2.24) is 9.78 Å². The van der Waals surface area contributed by atoms with Crippen LogP contribution in [0.4, 0.5) is 5.82 Å². The molecule has 0 saturated heterocycles. The summed E-state index contributed by atoms with van der Waals surface area (Å²) >= 11 is 12.1. The van der Waals surface area contributed by atoms with E-state index in [4.69, 9.17) is 23.2 Å². The van der Waals surface area contributed by atoms with Gasteiger partial charge in [0.05, 0.1) is 11.4 Å². The van der Waals surface area contributed by atoms with Crippen LogP contribution in [0.1, 0.15) is 30.9 Å². The van der Waals surface area contributed by atoms with Gasteiger partial charge in [-0.2, -0.15) is 5.10 Å². The Bertz CT molecular complexity index is 1050. The van der Waals surface area contributed by atoms with E-state index in [-0.39, 0.29) is 10.7 Å². The monoisotopic (exact) mass is 437 g/mol. The van der Waals surface area contributed by atoms with E-state index >= 15 is 0 Å². The fourth-order valence-electron chi connectivity index (χ4n) is 2.74. The molecule has 0 spiro atoms. The second kappa shape index (κ2) is 8.99. The molecule has 3 rings (SSSR count). The summed E-state index contributed by atoms with van der Waals surface area (Å²) in [6.07, 6.45) is 4.82. The molecule has 1 heterocycles. The van der Waals surface area contributed by atoms with Crippen molar-refractivity contribution in [2.24, 2.45) is 0 Å². The van der Waals surface area contributed by atoms with Crippen molar-refractivity contribution < 1.29 is 8.42 Å². The first kappa shape index (κ1) is 20.7. The van der Waals surface area contributed by atoms with Gasteiger partial charge in [0.25, 0.3) is 10.0 Å². The summed E-state index contributed by atoms with van der Waals surface area (Å²) in [7, 11) is -3.69. The van der Waals surface area contributed by atoms with Crippen LogP contribution in [0.15, 0.2) is 59.6 Å². The first-order chi connectivity index (χ1) is 13.4. The van der Waals surface area contributed by atoms with Crippen LogP contribution in [0.25, 0.3) is 0 Å². The third-order valence-electron chi connectivity index (χ3n) is 4.28. The minimum absolute atomic E-state index is 0.211. The van der Waals surface area contributed by atoms with Gasteiger partial charge in [-0.05, 0) is 48.2 Å². The highest BCUT2D eigenvalue weighted by molar-refractivity contribution is 7.92. The van der Waals surface area contributed by atoms with E-state index in [2.05, 4.69) is 16.7 Å². The smallest absolute Gasteiger partial charge is 0.263 e. The zero-order chi connectivity index (χ0) is 20.1. The number of halogens is 2. The molecular weight excluding hydrogens is 417 g/mol. The van der Waals surface area contributed by atoms with Gasteiger partial charge in [-0.15, -0.1) is 0 Å². The van der Waals surface area contributed by atoms with Gasteiger partial charge in [0.2, 0.25) is 0 Å². The predicted molar refractivity (Wildman–Crippen MR) is 114 cm³/mol. The van der Waals surface area contributed by atoms with Gasteiger partial charge in [-0.3, -0.25) is 9.40 Å². The lowest BCUT2D eigenvalue weighted by Crippen LogP contribution is -2.14. The highest BCUT2D eigenvalue weighted by atomic mass is 35.5. The van der Waals surface area contributed by atoms with Crippen LogP contribution in [0, 0.1) is 0 Å². The van der Waals surface area contributed by atoms with Crippen molar-refractivity contribution in [3.05, 3.63) is 75.9 Å². The summed E-state index contributed by atoms with van der Waals surface area (Å²) in [4.78, 5) is 0.211. The number of anilines is 1. The van der Waals surface area contributed by atoms with E-state index in [1.165, 1.54) is 0 Å². The number of hydrogen-bond acceptors (Lipinski definition) is 3. The number of hydrogen-bond donors (Lipinski definition) is 1. The molecule has 2 aromatic carbocycles. The maximum atomic E-state index is 12.6. The fourth-order valence-corrected chi connectivity index (χ4v) is 4.21. The number of rotatable bonds is 8. The van der Waals surface area contributed by atoms with Gasteiger partial charge >= 0.3 is 0 Å². The molecule has 0 amide bonds. The Hall–Kier alpha value is -2.02. The van der Waals surface area contributed by atoms with Crippen molar-refractivity contribution in [1.29, 1.82) is 0 Å². The van der Waals surface area contributed by atoms with Gasteiger partial charge in [-0.1, -0.05) is 54.7 Å². The summed E-state index contributed by atoms with van der Waals surface area (Å²) in [5.41, 5.74) is 1.97. The molecule has 148 valence electrons. The Labute approximate surface area is 175 Å². The number of unbranched alkanes of at least 4 members (excludes halogenated alkanes) is 1. The molecule has 1 aromatic heterocycles. The van der Waals surface area contributed by atoms with E-state index in [9.17, 15) is 8.42 Å². The third-order valence-corrected chi connectivity index (χ3v) is 6.24. The first-order valence-corrected chi connectivity index (χ1v) is 11.2. The number of nitrogens with zero attached hydrogens (tertiary/aromatic N) is 2. The summed E-state index contributed by atoms with van der Waals surface area (Å²) in [5.74, 6) is 0.250. The van der Waals surface area contributed by atoms with Crippen LogP contribution in [0.5, 0.6) is 0 Å². The second-order valence-corrected chi connectivity index (χ2v) is 9.01. The Morgan fingerprint density at radius 2 is 1.82 bits per heavy atom. The molecule has 0 unspecified atom stereocenters. The topological polar surface area (TPSA) is 64.0 Å². The summed E-state index contributed by atoms with van der Waals surface area (Å²) < 4.78 is 29.3. The highest BCUT2D eigenvalue weighted by Gasteiger charge is 2.15. The van der Waals surface area contributed by atoms with Crippen LogP contribution < -0.4 is 4.72 Å². The second-order valence-electron chi connectivity index (χ2n) is 6.49. The molecule has 3 aromatic rings. The molecular formula is C20H21Cl2N3O2S. The standard InChI is InChI=1S/C20H21Cl2N3O2S/c1-2-3-4-15-5-9-18(10-6-15)28(26,27)24-20-11-12-25(23-20)14-16-7-8-17(21)13-19(16)22/h5-13H,2-4,14H2,1H3,(H,23,24). The minimum Gasteiger partial charge on any atom is -0.266 e. The number of nitrogens with one attached hydrogen (secondary N) is 1. The molecule has 0 fully saturated rings. The van der Waals surface area contributed by atoms with Crippen molar-refractivity contribution in [2.75, 3.05) is 4.72 Å². The van der Waals surface area contributed by atoms with Crippen LogP contribution in [-0.4, -0.2) is 18.2 Å². The average Bonchev–Trinajstić information content (AvgIpc) is 3.09. The van der Waals surface area contributed by atoms with Gasteiger partial charge in [-0.25, -0.2) is 8.42 Å². The maximum Gasteiger partial charge on any atom is 0.263 e. The van der Waals surface area contributed by atoms with Crippen LogP contribution >= 0.6 is 23.2 Å². The lowest BCUT2D eigenvalue weighted by Gasteiger charge is -2.07. The molecule has 0 aliphatic heterocycles. The number of aromatic nitrogens is 2. The van der Waals surface area contributed by atoms with Crippen molar-refractivity contribution in [2.45, 2.75) is 37.6 Å². The van der Waals surface area contributed by atoms with Gasteiger partial charge in [0.1, 0.15) is 0 Å². The van der Waals surface area contributed by atoms with E-state index < -0.39 is 10.0 Å². The molecule has 0 radical (unpaired) electrons. The van der Waals surface area contributed by atoms with E-state index in [1.54, 1.807) is 41.2 Å². The summed E-state index contributed by atoms with van der Waals surface area (Å²) in [6, 6.07) is 13.8. The van der Waals surface area contributed by atoms with Crippen molar-refractivity contribution in [3.8, 4) is 0 Å². The first-order valence-electron chi connectivity index (χ1n) is 8.96. The molecule has 8 heteroatoms. The molecule has 0 bridgehead atoms. The van der Waals surface area contributed by atoms with E-state index in [0.717, 1.165) is 30.4 Å². The number of aryl methyl sites for hydroxylation is 1. The Morgan fingerprint density at radius 1 is 1.07 bits per heavy atom. The van der Waals surface area contributed by atoms with Crippen molar-refractivity contribution >= 4 is 39.0 Å². The Balaban J connectivity index is 1.69. The molecule has 0 saturated carbocycles. The minimum atomic E-state index is -3.69. The molecule has 5 nitrogen and oxygen atoms in total. The molecule has 0 aliphatic carbocycles. The lowest BCUT2D eigenvalue weighted by molar-refractivity contribution is 0.600. The summed E-state index contributed by atoms with van der Waals surface area (Å²) in [6.45, 7) is 2.53. The van der Waals surface area contributed by atoms with Crippen LogP contribution in [0.2, 0.25) is 10.0 Å². The largest absolute Gasteiger partial charge is 0.266 e. The maximum absolute atomic E-state index is 12.6. The molecule has 1 N–H and O–H groups in total. The lowest BCUT2D eigenvalue weighted by atomic mass is 10.1. The van der Waals surface area contributed by atoms with E-state index in [0.29, 0.717) is 16.6 Å². The zero-order valence-electron chi connectivity index (χ0n) is 15.4. The molecule has 28 heavy (non-hydrogen) atoms. The molecule has 0 aliphatic rings. The quantitative estimate of drug-likeness (QED) is 0.514. The predicted octanol–water partition coefficient (Wildman–Crippen LogP) is 5.38. The number of benzene rings is 2.